The molecule has 3 aromatic carbocycles. The zero-order valence-corrected chi connectivity index (χ0v) is 21.4. The second-order valence-corrected chi connectivity index (χ2v) is 10.6. The zero-order chi connectivity index (χ0) is 24.7. The van der Waals surface area contributed by atoms with Crippen LogP contribution in [0.5, 0.6) is 5.75 Å². The lowest BCUT2D eigenvalue weighted by Crippen LogP contribution is -2.38. The van der Waals surface area contributed by atoms with Gasteiger partial charge in [0.1, 0.15) is 5.75 Å². The lowest BCUT2D eigenvalue weighted by Gasteiger charge is -2.33. The van der Waals surface area contributed by atoms with Gasteiger partial charge in [-0.25, -0.2) is 0 Å². The molecule has 0 aliphatic carbocycles. The van der Waals surface area contributed by atoms with E-state index in [4.69, 9.17) is 4.74 Å². The van der Waals surface area contributed by atoms with Crippen LogP contribution in [0.1, 0.15) is 42.9 Å². The summed E-state index contributed by atoms with van der Waals surface area (Å²) in [7, 11) is 0. The van der Waals surface area contributed by atoms with Crippen molar-refractivity contribution in [3.05, 3.63) is 95.6 Å². The van der Waals surface area contributed by atoms with E-state index in [-0.39, 0.29) is 5.91 Å². The van der Waals surface area contributed by atoms with Crippen molar-refractivity contribution in [1.29, 1.82) is 0 Å². The fourth-order valence-electron chi connectivity index (χ4n) is 5.60. The quantitative estimate of drug-likeness (QED) is 0.367. The van der Waals surface area contributed by atoms with Crippen LogP contribution in [0, 0.1) is 11.8 Å². The Morgan fingerprint density at radius 2 is 1.58 bits per heavy atom. The first-order valence-corrected chi connectivity index (χ1v) is 13.5. The SMILES string of the molecule is CC(COc1ccc2c(c1)N(Cc1ccccc1)C(=O)CC2)CN1CCC(Cc2ccccc2)CC1. The average molecular weight is 483 g/mol. The van der Waals surface area contributed by atoms with E-state index in [1.54, 1.807) is 0 Å². The molecule has 1 saturated heterocycles. The van der Waals surface area contributed by atoms with Gasteiger partial charge in [0.15, 0.2) is 0 Å². The molecule has 0 radical (unpaired) electrons. The first-order valence-electron chi connectivity index (χ1n) is 13.5. The molecule has 1 atom stereocenters. The summed E-state index contributed by atoms with van der Waals surface area (Å²) in [6.07, 6.45) is 5.13. The molecule has 1 fully saturated rings. The Balaban J connectivity index is 1.12. The second-order valence-electron chi connectivity index (χ2n) is 10.6. The van der Waals surface area contributed by atoms with Crippen molar-refractivity contribution < 1.29 is 9.53 Å². The van der Waals surface area contributed by atoms with Crippen molar-refractivity contribution in [2.45, 2.75) is 45.6 Å². The van der Waals surface area contributed by atoms with Crippen molar-refractivity contribution >= 4 is 11.6 Å². The van der Waals surface area contributed by atoms with Gasteiger partial charge in [-0.05, 0) is 67.4 Å². The maximum atomic E-state index is 12.8. The molecule has 2 aliphatic rings. The number of nitrogens with zero attached hydrogens (tertiary/aromatic N) is 2. The van der Waals surface area contributed by atoms with Crippen molar-refractivity contribution in [3.8, 4) is 5.75 Å². The number of anilines is 1. The fourth-order valence-corrected chi connectivity index (χ4v) is 5.60. The topological polar surface area (TPSA) is 32.8 Å². The van der Waals surface area contributed by atoms with Crippen molar-refractivity contribution in [3.63, 3.8) is 0 Å². The molecule has 0 bridgehead atoms. The summed E-state index contributed by atoms with van der Waals surface area (Å²) in [4.78, 5) is 17.3. The lowest BCUT2D eigenvalue weighted by molar-refractivity contribution is -0.119. The van der Waals surface area contributed by atoms with E-state index in [0.29, 0.717) is 25.5 Å². The summed E-state index contributed by atoms with van der Waals surface area (Å²) < 4.78 is 6.24. The van der Waals surface area contributed by atoms with E-state index in [9.17, 15) is 4.79 Å². The Hall–Kier alpha value is -3.11. The van der Waals surface area contributed by atoms with Gasteiger partial charge in [-0.3, -0.25) is 4.79 Å². The summed E-state index contributed by atoms with van der Waals surface area (Å²) in [5.74, 6) is 2.29. The third kappa shape index (κ3) is 6.36. The maximum Gasteiger partial charge on any atom is 0.227 e. The van der Waals surface area contributed by atoms with Crippen LogP contribution in [-0.2, 0) is 24.2 Å². The van der Waals surface area contributed by atoms with Crippen molar-refractivity contribution in [2.24, 2.45) is 11.8 Å². The van der Waals surface area contributed by atoms with E-state index >= 15 is 0 Å². The summed E-state index contributed by atoms with van der Waals surface area (Å²) in [5.41, 5.74) is 4.84. The molecule has 4 nitrogen and oxygen atoms in total. The van der Waals surface area contributed by atoms with Crippen LogP contribution in [0.25, 0.3) is 0 Å². The number of benzene rings is 3. The molecule has 2 aliphatic heterocycles. The van der Waals surface area contributed by atoms with E-state index in [2.05, 4.69) is 72.5 Å². The molecular formula is C32H38N2O2. The standard InChI is InChI=1S/C32H38N2O2/c1-25(22-33-18-16-27(17-19-33)20-26-8-4-2-5-9-26)24-36-30-14-12-29-13-15-32(35)34(31(29)21-30)23-28-10-6-3-7-11-28/h2-12,14,21,25,27H,13,15-20,22-24H2,1H3. The molecule has 1 unspecified atom stereocenters. The summed E-state index contributed by atoms with van der Waals surface area (Å²) in [5, 5.41) is 0. The van der Waals surface area contributed by atoms with Gasteiger partial charge in [-0.15, -0.1) is 0 Å². The minimum absolute atomic E-state index is 0.188. The molecule has 4 heteroatoms. The van der Waals surface area contributed by atoms with Gasteiger partial charge in [-0.2, -0.15) is 0 Å². The Bertz CT molecular complexity index is 1120. The number of fused-ring (bicyclic) bond motifs is 1. The number of hydrogen-bond acceptors (Lipinski definition) is 3. The van der Waals surface area contributed by atoms with Crippen LogP contribution in [-0.4, -0.2) is 37.0 Å². The number of carbonyl (C=O) groups excluding carboxylic acids is 1. The predicted octanol–water partition coefficient (Wildman–Crippen LogP) is 6.14. The van der Waals surface area contributed by atoms with Gasteiger partial charge >= 0.3 is 0 Å². The zero-order valence-electron chi connectivity index (χ0n) is 21.4. The summed E-state index contributed by atoms with van der Waals surface area (Å²) >= 11 is 0. The highest BCUT2D eigenvalue weighted by Crippen LogP contribution is 2.33. The van der Waals surface area contributed by atoms with Crippen LogP contribution < -0.4 is 9.64 Å². The minimum atomic E-state index is 0.188. The van der Waals surface area contributed by atoms with Crippen molar-refractivity contribution in [1.82, 2.24) is 4.90 Å². The Kier molecular flexibility index (Phi) is 8.02. The number of ether oxygens (including phenoxy) is 1. The lowest BCUT2D eigenvalue weighted by atomic mass is 9.90. The number of amides is 1. The predicted molar refractivity (Wildman–Crippen MR) is 146 cm³/mol. The van der Waals surface area contributed by atoms with E-state index in [0.717, 1.165) is 35.9 Å². The monoisotopic (exact) mass is 482 g/mol. The molecule has 0 aromatic heterocycles. The van der Waals surface area contributed by atoms with E-state index in [1.807, 2.05) is 23.1 Å². The summed E-state index contributed by atoms with van der Waals surface area (Å²) in [6.45, 7) is 7.00. The first-order chi connectivity index (χ1) is 17.6. The van der Waals surface area contributed by atoms with E-state index < -0.39 is 0 Å². The molecule has 36 heavy (non-hydrogen) atoms. The van der Waals surface area contributed by atoms with Gasteiger partial charge in [0.05, 0.1) is 18.8 Å². The van der Waals surface area contributed by atoms with Crippen LogP contribution in [0.2, 0.25) is 0 Å². The third-order valence-electron chi connectivity index (χ3n) is 7.62. The molecule has 0 spiro atoms. The van der Waals surface area contributed by atoms with Gasteiger partial charge in [0.25, 0.3) is 0 Å². The molecular weight excluding hydrogens is 444 g/mol. The molecule has 0 N–H and O–H groups in total. The summed E-state index contributed by atoms with van der Waals surface area (Å²) in [6, 6.07) is 27.4. The van der Waals surface area contributed by atoms with Crippen LogP contribution >= 0.6 is 0 Å². The van der Waals surface area contributed by atoms with Gasteiger partial charge < -0.3 is 14.5 Å². The largest absolute Gasteiger partial charge is 0.493 e. The number of piperidine rings is 1. The average Bonchev–Trinajstić information content (AvgIpc) is 2.91. The third-order valence-corrected chi connectivity index (χ3v) is 7.62. The maximum absolute atomic E-state index is 12.8. The molecule has 1 amide bonds. The van der Waals surface area contributed by atoms with Crippen LogP contribution in [0.15, 0.2) is 78.9 Å². The Labute approximate surface area is 215 Å². The molecule has 2 heterocycles. The Morgan fingerprint density at radius 1 is 0.889 bits per heavy atom. The molecule has 188 valence electrons. The molecule has 5 rings (SSSR count). The normalized spacial score (nSPS) is 17.6. The number of likely N-dealkylation sites (tertiary alicyclic amines) is 1. The molecule has 3 aromatic rings. The number of carbonyl (C=O) groups is 1. The van der Waals surface area contributed by atoms with Crippen LogP contribution in [0.4, 0.5) is 5.69 Å². The Morgan fingerprint density at radius 3 is 2.31 bits per heavy atom. The fraction of sp³-hybridized carbons (Fsp3) is 0.406. The highest BCUT2D eigenvalue weighted by molar-refractivity contribution is 5.96. The smallest absolute Gasteiger partial charge is 0.227 e. The van der Waals surface area contributed by atoms with E-state index in [1.165, 1.54) is 43.5 Å². The molecule has 0 saturated carbocycles. The van der Waals surface area contributed by atoms with Crippen LogP contribution in [0.3, 0.4) is 0 Å². The number of rotatable bonds is 9. The van der Waals surface area contributed by atoms with Gasteiger partial charge in [0.2, 0.25) is 5.91 Å². The number of hydrogen-bond donors (Lipinski definition) is 0. The minimum Gasteiger partial charge on any atom is -0.493 e. The highest BCUT2D eigenvalue weighted by Gasteiger charge is 2.25. The van der Waals surface area contributed by atoms with Gasteiger partial charge in [0, 0.05) is 24.9 Å². The van der Waals surface area contributed by atoms with Crippen molar-refractivity contribution in [2.75, 3.05) is 31.1 Å². The first kappa shape index (κ1) is 24.6. The highest BCUT2D eigenvalue weighted by atomic mass is 16.5. The van der Waals surface area contributed by atoms with Gasteiger partial charge in [-0.1, -0.05) is 73.7 Å². The number of aryl methyl sites for hydroxylation is 1. The second kappa shape index (κ2) is 11.7.